The summed E-state index contributed by atoms with van der Waals surface area (Å²) in [5, 5.41) is 15.3. The lowest BCUT2D eigenvalue weighted by Gasteiger charge is -2.71. The third-order valence-electron chi connectivity index (χ3n) is 10.2. The molecule has 0 spiro atoms. The van der Waals surface area contributed by atoms with Crippen molar-refractivity contribution in [1.82, 2.24) is 59.1 Å². The molecule has 17 heteroatoms. The van der Waals surface area contributed by atoms with Crippen molar-refractivity contribution >= 4 is 16.1 Å². The Bertz CT molecular complexity index is 1680. The van der Waals surface area contributed by atoms with Gasteiger partial charge in [-0.2, -0.15) is 4.31 Å². The van der Waals surface area contributed by atoms with E-state index in [0.29, 0.717) is 52.4 Å². The van der Waals surface area contributed by atoms with Crippen molar-refractivity contribution in [3.63, 3.8) is 0 Å². The van der Waals surface area contributed by atoms with Crippen molar-refractivity contribution in [2.75, 3.05) is 65.2 Å². The highest BCUT2D eigenvalue weighted by Gasteiger charge is 2.80. The molecule has 3 unspecified atom stereocenters. The lowest BCUT2D eigenvalue weighted by molar-refractivity contribution is -0.306. The van der Waals surface area contributed by atoms with Gasteiger partial charge in [0.1, 0.15) is 0 Å². The van der Waals surface area contributed by atoms with Crippen molar-refractivity contribution in [2.45, 2.75) is 49.1 Å². The molecule has 4 saturated heterocycles. The summed E-state index contributed by atoms with van der Waals surface area (Å²) in [6.45, 7) is 3.41. The number of likely N-dealkylation sites (tertiary alicyclic amines) is 2. The number of amides is 1. The lowest BCUT2D eigenvalue weighted by atomic mass is 9.77. The van der Waals surface area contributed by atoms with Crippen LogP contribution in [0.3, 0.4) is 0 Å². The minimum atomic E-state index is -4.20. The van der Waals surface area contributed by atoms with E-state index in [0.717, 1.165) is 32.1 Å². The highest BCUT2D eigenvalue weighted by atomic mass is 32.2. The first kappa shape index (κ1) is 32.8. The average molecular weight is 679 g/mol. The fraction of sp³-hybridized carbons (Fsp3) is 0.581. The van der Waals surface area contributed by atoms with E-state index in [1.807, 2.05) is 9.80 Å². The normalized spacial score (nSPS) is 30.0. The summed E-state index contributed by atoms with van der Waals surface area (Å²) >= 11 is 0. The molecule has 1 amide bonds. The third kappa shape index (κ3) is 4.89. The monoisotopic (exact) mass is 678 g/mol. The van der Waals surface area contributed by atoms with E-state index in [9.17, 15) is 18.3 Å². The summed E-state index contributed by atoms with van der Waals surface area (Å²) in [5.74, 6) is 0.460. The predicted molar refractivity (Wildman–Crippen MR) is 173 cm³/mol. The highest BCUT2D eigenvalue weighted by molar-refractivity contribution is 7.88. The fourth-order valence-electron chi connectivity index (χ4n) is 8.49. The predicted octanol–water partition coefficient (Wildman–Crippen LogP) is 0.658. The lowest BCUT2D eigenvalue weighted by Crippen LogP contribution is -2.89. The van der Waals surface area contributed by atoms with E-state index in [4.69, 9.17) is 29.9 Å². The first-order chi connectivity index (χ1) is 23.3. The van der Waals surface area contributed by atoms with Crippen LogP contribution in [-0.4, -0.2) is 139 Å². The second-order valence-corrected chi connectivity index (χ2v) is 14.7. The van der Waals surface area contributed by atoms with Crippen LogP contribution in [-0.2, 0) is 27.0 Å². The molecule has 0 bridgehead atoms. The number of hydrogen-bond donors (Lipinski definition) is 2. The Morgan fingerprint density at radius 3 is 1.60 bits per heavy atom. The maximum atomic E-state index is 14.8. The number of carboxylic acid groups (broad SMARTS) is 1. The van der Waals surface area contributed by atoms with Gasteiger partial charge in [0.25, 0.3) is 0 Å². The van der Waals surface area contributed by atoms with Crippen LogP contribution >= 0.6 is 0 Å². The topological polar surface area (TPSA) is 177 Å². The van der Waals surface area contributed by atoms with Gasteiger partial charge in [-0.25, -0.2) is 43.1 Å². The van der Waals surface area contributed by atoms with Gasteiger partial charge in [-0.15, -0.1) is 0 Å². The Labute approximate surface area is 280 Å². The molecule has 4 aliphatic heterocycles. The first-order valence-electron chi connectivity index (χ1n) is 16.6. The van der Waals surface area contributed by atoms with Crippen molar-refractivity contribution < 1.29 is 18.3 Å². The van der Waals surface area contributed by atoms with Crippen molar-refractivity contribution in [2.24, 2.45) is 0 Å². The number of piperazine rings is 2. The van der Waals surface area contributed by atoms with E-state index in [-0.39, 0.29) is 24.0 Å². The van der Waals surface area contributed by atoms with Gasteiger partial charge in [-0.05, 0) is 43.9 Å². The Morgan fingerprint density at radius 2 is 1.10 bits per heavy atom. The number of rotatable bonds is 7. The number of aromatic nitrogens is 6. The molecule has 0 radical (unpaired) electrons. The molecule has 7 rings (SSSR count). The van der Waals surface area contributed by atoms with E-state index >= 15 is 0 Å². The van der Waals surface area contributed by atoms with Crippen LogP contribution in [0.25, 0.3) is 0 Å². The number of hydrogen-bond acceptors (Lipinski definition) is 13. The quantitative estimate of drug-likeness (QED) is 0.356. The average Bonchev–Trinajstić information content (AvgIpc) is 3.68. The summed E-state index contributed by atoms with van der Waals surface area (Å²) in [4.78, 5) is 50.9. The Kier molecular flexibility index (Phi) is 8.84. The van der Waals surface area contributed by atoms with Crippen LogP contribution in [0.2, 0.25) is 0 Å². The van der Waals surface area contributed by atoms with Gasteiger partial charge >= 0.3 is 6.09 Å². The maximum absolute atomic E-state index is 14.8. The molecule has 3 aromatic rings. The number of sulfonamides is 1. The smallest absolute Gasteiger partial charge is 0.411 e. The van der Waals surface area contributed by atoms with Crippen LogP contribution in [0.1, 0.15) is 49.6 Å². The van der Waals surface area contributed by atoms with E-state index in [2.05, 4.69) is 10.2 Å². The zero-order valence-corrected chi connectivity index (χ0v) is 27.9. The molecule has 0 saturated carbocycles. The number of carbonyl (C=O) groups is 1. The minimum Gasteiger partial charge on any atom is -0.465 e. The summed E-state index contributed by atoms with van der Waals surface area (Å²) < 4.78 is 31.0. The number of nitrogens with one attached hydrogen (secondary N) is 1. The summed E-state index contributed by atoms with van der Waals surface area (Å²) in [6.07, 6.45) is 13.4. The molecule has 16 nitrogen and oxygen atoms in total. The van der Waals surface area contributed by atoms with E-state index < -0.39 is 33.1 Å². The molecule has 4 aliphatic rings. The van der Waals surface area contributed by atoms with Crippen LogP contribution < -0.4 is 5.32 Å². The second kappa shape index (κ2) is 12.9. The Morgan fingerprint density at radius 1 is 0.667 bits per heavy atom. The fourth-order valence-corrected chi connectivity index (χ4v) is 9.71. The first-order valence-corrected chi connectivity index (χ1v) is 18.4. The van der Waals surface area contributed by atoms with Crippen molar-refractivity contribution in [3.8, 4) is 0 Å². The molecule has 2 N–H and O–H groups in total. The summed E-state index contributed by atoms with van der Waals surface area (Å²) in [7, 11) is -4.20. The molecular weight excluding hydrogens is 636 g/mol. The van der Waals surface area contributed by atoms with Gasteiger partial charge in [-0.1, -0.05) is 6.42 Å². The van der Waals surface area contributed by atoms with Gasteiger partial charge < -0.3 is 10.4 Å². The standard InChI is InChI=1S/C31H42N12O4S/c1-48(46,47)42-24-29(39-18-5-6-19-39,25-33-10-7-11-34-25)43(28(44)45)31(27-37-14-9-15-38-27,40-20-3-2-4-21-40)30(42,26-35-12-8-13-36-26)41-22-16-32-17-23-41/h7-15,32H,2-6,16-24H2,1H3,(H,44,45). The number of piperidine rings is 1. The zero-order valence-electron chi connectivity index (χ0n) is 27.1. The van der Waals surface area contributed by atoms with Gasteiger partial charge in [0.15, 0.2) is 28.8 Å². The molecule has 48 heavy (non-hydrogen) atoms. The molecule has 0 aromatic carbocycles. The second-order valence-electron chi connectivity index (χ2n) is 12.7. The van der Waals surface area contributed by atoms with Crippen LogP contribution in [0, 0.1) is 0 Å². The Balaban J connectivity index is 1.73. The minimum absolute atomic E-state index is 0.133. The maximum Gasteiger partial charge on any atom is 0.411 e. The van der Waals surface area contributed by atoms with Crippen LogP contribution in [0.4, 0.5) is 4.79 Å². The molecule has 3 atom stereocenters. The molecule has 256 valence electrons. The SMILES string of the molecule is CS(=O)(=O)N1CC(c2ncccn2)(N2CCCC2)N(C(=O)O)C(c2ncccn2)(N2CCCCC2)C1(c1ncccn1)N1CCNCC1. The zero-order chi connectivity index (χ0) is 33.4. The van der Waals surface area contributed by atoms with Gasteiger partial charge in [0, 0.05) is 89.5 Å². The molecular formula is C31H42N12O4S. The third-order valence-corrected chi connectivity index (χ3v) is 11.4. The van der Waals surface area contributed by atoms with E-state index in [1.54, 1.807) is 55.4 Å². The van der Waals surface area contributed by atoms with Gasteiger partial charge in [0.05, 0.1) is 12.8 Å². The summed E-state index contributed by atoms with van der Waals surface area (Å²) in [6, 6.07) is 5.02. The van der Waals surface area contributed by atoms with Gasteiger partial charge in [0.2, 0.25) is 15.7 Å². The van der Waals surface area contributed by atoms with Crippen molar-refractivity contribution in [1.29, 1.82) is 0 Å². The van der Waals surface area contributed by atoms with E-state index in [1.165, 1.54) is 15.5 Å². The van der Waals surface area contributed by atoms with Crippen LogP contribution in [0.5, 0.6) is 0 Å². The molecule has 4 fully saturated rings. The molecule has 0 aliphatic carbocycles. The number of nitrogens with zero attached hydrogens (tertiary/aromatic N) is 11. The van der Waals surface area contributed by atoms with Crippen LogP contribution in [0.15, 0.2) is 55.4 Å². The Hall–Kier alpha value is -3.74. The largest absolute Gasteiger partial charge is 0.465 e. The van der Waals surface area contributed by atoms with Gasteiger partial charge in [-0.3, -0.25) is 19.6 Å². The highest BCUT2D eigenvalue weighted by Crippen LogP contribution is 2.60. The summed E-state index contributed by atoms with van der Waals surface area (Å²) in [5.41, 5.74) is -5.48. The van der Waals surface area contributed by atoms with Crippen molar-refractivity contribution in [3.05, 3.63) is 72.9 Å². The molecule has 7 heterocycles. The molecule has 3 aromatic heterocycles.